The number of aliphatic carboxylic acids is 2. The summed E-state index contributed by atoms with van der Waals surface area (Å²) in [7, 11) is 0. The van der Waals surface area contributed by atoms with E-state index in [2.05, 4.69) is 28.6 Å². The maximum Gasteiger partial charge on any atom is 0.327 e. The molecule has 0 aromatic heterocycles. The van der Waals surface area contributed by atoms with E-state index < -0.39 is 60.2 Å². The highest BCUT2D eigenvalue weighted by Crippen LogP contribution is 2.11. The summed E-state index contributed by atoms with van der Waals surface area (Å²) >= 11 is 3.83. The van der Waals surface area contributed by atoms with Crippen LogP contribution in [0.15, 0.2) is 24.3 Å². The lowest BCUT2D eigenvalue weighted by atomic mass is 10.0. The minimum Gasteiger partial charge on any atom is -0.508 e. The van der Waals surface area contributed by atoms with Gasteiger partial charge in [0, 0.05) is 12.2 Å². The Morgan fingerprint density at radius 2 is 1.52 bits per heavy atom. The molecule has 0 spiro atoms. The Morgan fingerprint density at radius 3 is 2.03 bits per heavy atom. The van der Waals surface area contributed by atoms with E-state index in [0.29, 0.717) is 5.56 Å². The highest BCUT2D eigenvalue weighted by Gasteiger charge is 2.28. The molecule has 0 fully saturated rings. The third-order valence-corrected chi connectivity index (χ3v) is 4.92. The van der Waals surface area contributed by atoms with Gasteiger partial charge in [-0.3, -0.25) is 19.2 Å². The number of thiol groups is 1. The summed E-state index contributed by atoms with van der Waals surface area (Å²) in [5.74, 6) is -4.96. The van der Waals surface area contributed by atoms with Gasteiger partial charge in [-0.25, -0.2) is 4.79 Å². The zero-order valence-electron chi connectivity index (χ0n) is 17.9. The Kier molecular flexibility index (Phi) is 11.2. The van der Waals surface area contributed by atoms with Crippen molar-refractivity contribution in [1.29, 1.82) is 0 Å². The van der Waals surface area contributed by atoms with E-state index in [-0.39, 0.29) is 24.3 Å². The number of aromatic hydroxyl groups is 1. The van der Waals surface area contributed by atoms with E-state index in [1.54, 1.807) is 12.1 Å². The van der Waals surface area contributed by atoms with Gasteiger partial charge in [-0.2, -0.15) is 12.6 Å². The maximum absolute atomic E-state index is 12.6. The summed E-state index contributed by atoms with van der Waals surface area (Å²) in [4.78, 5) is 59.2. The van der Waals surface area contributed by atoms with Crippen molar-refractivity contribution in [2.45, 2.75) is 50.4 Å². The van der Waals surface area contributed by atoms with Crippen molar-refractivity contribution in [3.05, 3.63) is 29.8 Å². The van der Waals surface area contributed by atoms with Crippen molar-refractivity contribution in [3.63, 3.8) is 0 Å². The molecule has 182 valence electrons. The molecule has 1 rings (SSSR count). The first kappa shape index (κ1) is 27.7. The number of rotatable bonds is 13. The van der Waals surface area contributed by atoms with Crippen LogP contribution >= 0.6 is 12.6 Å². The zero-order valence-corrected chi connectivity index (χ0v) is 18.7. The van der Waals surface area contributed by atoms with Gasteiger partial charge in [0.05, 0.1) is 6.04 Å². The second kappa shape index (κ2) is 13.3. The number of carbonyl (C=O) groups is 5. The molecule has 0 bridgehead atoms. The van der Waals surface area contributed by atoms with Crippen molar-refractivity contribution >= 4 is 42.3 Å². The van der Waals surface area contributed by atoms with Crippen LogP contribution in [0.2, 0.25) is 0 Å². The lowest BCUT2D eigenvalue weighted by molar-refractivity contribution is -0.141. The molecule has 4 unspecified atom stereocenters. The Morgan fingerprint density at radius 1 is 0.939 bits per heavy atom. The van der Waals surface area contributed by atoms with Crippen molar-refractivity contribution < 1.29 is 39.3 Å². The molecule has 0 aliphatic rings. The highest BCUT2D eigenvalue weighted by atomic mass is 32.1. The molecule has 0 saturated heterocycles. The van der Waals surface area contributed by atoms with Gasteiger partial charge in [-0.05, 0) is 37.5 Å². The Balaban J connectivity index is 2.79. The lowest BCUT2D eigenvalue weighted by Crippen LogP contribution is -2.56. The second-order valence-corrected chi connectivity index (χ2v) is 7.65. The first-order valence-corrected chi connectivity index (χ1v) is 10.6. The van der Waals surface area contributed by atoms with Gasteiger partial charge < -0.3 is 37.0 Å². The molecule has 0 aliphatic carbocycles. The van der Waals surface area contributed by atoms with Crippen LogP contribution in [0.4, 0.5) is 0 Å². The van der Waals surface area contributed by atoms with E-state index in [1.807, 2.05) is 0 Å². The largest absolute Gasteiger partial charge is 0.508 e. The summed E-state index contributed by atoms with van der Waals surface area (Å²) in [6, 6.07) is 1.21. The van der Waals surface area contributed by atoms with E-state index >= 15 is 0 Å². The standard InChI is InChI=1S/C20H28N4O8S/c1-10(17(28)24-15(9-33)20(31)32)22-19(30)14(6-7-16(26)27)23-18(29)13(21)8-11-2-4-12(25)5-3-11/h2-5,10,13-15,25,33H,6-9,21H2,1H3,(H,22,30)(H,23,29)(H,24,28)(H,26,27)(H,31,32). The van der Waals surface area contributed by atoms with Gasteiger partial charge in [0.15, 0.2) is 0 Å². The van der Waals surface area contributed by atoms with Crippen molar-refractivity contribution in [1.82, 2.24) is 16.0 Å². The van der Waals surface area contributed by atoms with Gasteiger partial charge in [0.1, 0.15) is 23.9 Å². The molecule has 33 heavy (non-hydrogen) atoms. The number of carboxylic acids is 2. The van der Waals surface area contributed by atoms with E-state index in [4.69, 9.17) is 15.9 Å². The predicted molar refractivity (Wildman–Crippen MR) is 120 cm³/mol. The molecule has 12 nitrogen and oxygen atoms in total. The number of hydrogen-bond acceptors (Lipinski definition) is 8. The molecule has 0 aliphatic heterocycles. The van der Waals surface area contributed by atoms with Crippen LogP contribution in [-0.2, 0) is 30.4 Å². The number of nitrogens with two attached hydrogens (primary N) is 1. The molecule has 1 aromatic rings. The molecule has 1 aromatic carbocycles. The van der Waals surface area contributed by atoms with Crippen LogP contribution < -0.4 is 21.7 Å². The van der Waals surface area contributed by atoms with Gasteiger partial charge in [-0.15, -0.1) is 0 Å². The second-order valence-electron chi connectivity index (χ2n) is 7.28. The minimum absolute atomic E-state index is 0.0457. The third-order valence-electron chi connectivity index (χ3n) is 4.56. The van der Waals surface area contributed by atoms with E-state index in [0.717, 1.165) is 0 Å². The fourth-order valence-corrected chi connectivity index (χ4v) is 2.90. The fraction of sp³-hybridized carbons (Fsp3) is 0.450. The number of nitrogens with one attached hydrogen (secondary N) is 3. The van der Waals surface area contributed by atoms with Crippen LogP contribution in [0.1, 0.15) is 25.3 Å². The Labute approximate surface area is 195 Å². The van der Waals surface area contributed by atoms with Gasteiger partial charge in [0.2, 0.25) is 17.7 Å². The number of phenols is 1. The topological polar surface area (TPSA) is 208 Å². The van der Waals surface area contributed by atoms with Crippen LogP contribution in [0.25, 0.3) is 0 Å². The van der Waals surface area contributed by atoms with Crippen molar-refractivity contribution in [2.75, 3.05) is 5.75 Å². The number of hydrogen-bond donors (Lipinski definition) is 8. The monoisotopic (exact) mass is 484 g/mol. The average molecular weight is 485 g/mol. The number of benzene rings is 1. The number of carboxylic acid groups (broad SMARTS) is 2. The Hall–Kier alpha value is -3.32. The molecular weight excluding hydrogens is 456 g/mol. The normalized spacial score (nSPS) is 14.3. The molecule has 0 heterocycles. The van der Waals surface area contributed by atoms with Crippen LogP contribution in [-0.4, -0.2) is 74.9 Å². The van der Waals surface area contributed by atoms with E-state index in [1.165, 1.54) is 19.1 Å². The zero-order chi connectivity index (χ0) is 25.1. The lowest BCUT2D eigenvalue weighted by Gasteiger charge is -2.23. The summed E-state index contributed by atoms with van der Waals surface area (Å²) in [5.41, 5.74) is 6.55. The Bertz CT molecular complexity index is 864. The first-order chi connectivity index (χ1) is 15.4. The molecule has 13 heteroatoms. The molecular formula is C20H28N4O8S. The summed E-state index contributed by atoms with van der Waals surface area (Å²) in [6.45, 7) is 1.30. The number of phenolic OH excluding ortho intramolecular Hbond substituents is 1. The fourth-order valence-electron chi connectivity index (χ4n) is 2.66. The first-order valence-electron chi connectivity index (χ1n) is 9.94. The van der Waals surface area contributed by atoms with Crippen LogP contribution in [0.3, 0.4) is 0 Å². The molecule has 8 N–H and O–H groups in total. The summed E-state index contributed by atoms with van der Waals surface area (Å²) in [6.07, 6.45) is -0.604. The molecule has 3 amide bonds. The summed E-state index contributed by atoms with van der Waals surface area (Å²) < 4.78 is 0. The van der Waals surface area contributed by atoms with Crippen LogP contribution in [0.5, 0.6) is 5.75 Å². The number of carbonyl (C=O) groups excluding carboxylic acids is 3. The number of amides is 3. The smallest absolute Gasteiger partial charge is 0.327 e. The van der Waals surface area contributed by atoms with Crippen LogP contribution in [0, 0.1) is 0 Å². The third kappa shape index (κ3) is 9.78. The molecule has 0 saturated carbocycles. The minimum atomic E-state index is -1.30. The van der Waals surface area contributed by atoms with Crippen molar-refractivity contribution in [3.8, 4) is 5.75 Å². The quantitative estimate of drug-likeness (QED) is 0.155. The van der Waals surface area contributed by atoms with Crippen molar-refractivity contribution in [2.24, 2.45) is 5.73 Å². The van der Waals surface area contributed by atoms with Gasteiger partial charge in [-0.1, -0.05) is 12.1 Å². The summed E-state index contributed by atoms with van der Waals surface area (Å²) in [5, 5.41) is 34.2. The average Bonchev–Trinajstić information content (AvgIpc) is 2.75. The van der Waals surface area contributed by atoms with Gasteiger partial charge >= 0.3 is 11.9 Å². The highest BCUT2D eigenvalue weighted by molar-refractivity contribution is 7.80. The maximum atomic E-state index is 12.6. The van der Waals surface area contributed by atoms with E-state index in [9.17, 15) is 29.1 Å². The molecule has 0 radical (unpaired) electrons. The predicted octanol–water partition coefficient (Wildman–Crippen LogP) is -1.38. The molecule has 4 atom stereocenters. The van der Waals surface area contributed by atoms with Gasteiger partial charge in [0.25, 0.3) is 0 Å². The SMILES string of the molecule is CC(NC(=O)C(CCC(=O)O)NC(=O)C(N)Cc1ccc(O)cc1)C(=O)NC(CS)C(=O)O.